The molecule has 0 saturated carbocycles. The third kappa shape index (κ3) is 4.17. The van der Waals surface area contributed by atoms with Crippen LogP contribution in [-0.4, -0.2) is 52.1 Å². The second kappa shape index (κ2) is 8.43. The first-order valence-corrected chi connectivity index (χ1v) is 10.2. The first-order valence-electron chi connectivity index (χ1n) is 9.17. The molecule has 144 valence electrons. The van der Waals surface area contributed by atoms with Gasteiger partial charge in [-0.1, -0.05) is 23.4 Å². The van der Waals surface area contributed by atoms with Crippen LogP contribution in [0.1, 0.15) is 22.1 Å². The van der Waals surface area contributed by atoms with Crippen molar-refractivity contribution in [2.75, 3.05) is 31.1 Å². The Hall–Kier alpha value is -2.87. The lowest BCUT2D eigenvalue weighted by Crippen LogP contribution is -2.49. The van der Waals surface area contributed by atoms with Crippen molar-refractivity contribution in [3.63, 3.8) is 0 Å². The number of benzene rings is 1. The molecule has 0 radical (unpaired) electrons. The number of hydrogen-bond acceptors (Lipinski definition) is 7. The Balaban J connectivity index is 1.41. The van der Waals surface area contributed by atoms with Gasteiger partial charge >= 0.3 is 0 Å². The summed E-state index contributed by atoms with van der Waals surface area (Å²) in [6, 6.07) is 13.6. The zero-order valence-corrected chi connectivity index (χ0v) is 16.4. The van der Waals surface area contributed by atoms with Crippen LogP contribution in [0.15, 0.2) is 58.1 Å². The molecule has 28 heavy (non-hydrogen) atoms. The molecule has 1 aromatic carbocycles. The predicted molar refractivity (Wildman–Crippen MR) is 107 cm³/mol. The number of pyridine rings is 1. The van der Waals surface area contributed by atoms with Gasteiger partial charge in [0.2, 0.25) is 5.89 Å². The Bertz CT molecular complexity index is 939. The van der Waals surface area contributed by atoms with E-state index in [-0.39, 0.29) is 5.91 Å². The lowest BCUT2D eigenvalue weighted by atomic mass is 10.2. The SMILES string of the molecule is Cc1noc(CSc2ccccc2C(=O)N2CCN(c3ccccn3)CC2)n1. The Kier molecular flexibility index (Phi) is 5.57. The van der Waals surface area contributed by atoms with Crippen molar-refractivity contribution < 1.29 is 9.32 Å². The van der Waals surface area contributed by atoms with Gasteiger partial charge in [0.1, 0.15) is 5.82 Å². The number of amides is 1. The van der Waals surface area contributed by atoms with Gasteiger partial charge in [0.15, 0.2) is 5.82 Å². The maximum absolute atomic E-state index is 13.1. The number of carbonyl (C=O) groups excluding carboxylic acids is 1. The standard InChI is InChI=1S/C20H21N5O2S/c1-15-22-19(27-23-15)14-28-17-7-3-2-6-16(17)20(26)25-12-10-24(11-13-25)18-8-4-5-9-21-18/h2-9H,10-14H2,1H3. The third-order valence-electron chi connectivity index (χ3n) is 4.58. The van der Waals surface area contributed by atoms with Gasteiger partial charge in [-0.3, -0.25) is 4.79 Å². The minimum atomic E-state index is 0.0606. The molecule has 1 fully saturated rings. The molecule has 0 spiro atoms. The first kappa shape index (κ1) is 18.5. The highest BCUT2D eigenvalue weighted by molar-refractivity contribution is 7.98. The van der Waals surface area contributed by atoms with E-state index in [2.05, 4.69) is 20.0 Å². The van der Waals surface area contributed by atoms with Crippen molar-refractivity contribution in [2.45, 2.75) is 17.6 Å². The zero-order chi connectivity index (χ0) is 19.3. The van der Waals surface area contributed by atoms with E-state index in [1.165, 1.54) is 11.8 Å². The normalized spacial score (nSPS) is 14.3. The summed E-state index contributed by atoms with van der Waals surface area (Å²) < 4.78 is 5.17. The molecule has 0 bridgehead atoms. The molecular weight excluding hydrogens is 374 g/mol. The van der Waals surface area contributed by atoms with Gasteiger partial charge < -0.3 is 14.3 Å². The molecular formula is C20H21N5O2S. The summed E-state index contributed by atoms with van der Waals surface area (Å²) in [6.45, 7) is 4.70. The van der Waals surface area contributed by atoms with E-state index in [4.69, 9.17) is 4.52 Å². The Labute approximate surface area is 167 Å². The molecule has 0 N–H and O–H groups in total. The number of aromatic nitrogens is 3. The van der Waals surface area contributed by atoms with Crippen LogP contribution in [0.2, 0.25) is 0 Å². The molecule has 3 aromatic rings. The Morgan fingerprint density at radius 3 is 2.61 bits per heavy atom. The van der Waals surface area contributed by atoms with Crippen LogP contribution in [-0.2, 0) is 5.75 Å². The summed E-state index contributed by atoms with van der Waals surface area (Å²) in [5.74, 6) is 2.74. The maximum atomic E-state index is 13.1. The van der Waals surface area contributed by atoms with Gasteiger partial charge in [-0.05, 0) is 31.2 Å². The van der Waals surface area contributed by atoms with E-state index in [0.717, 1.165) is 29.4 Å². The van der Waals surface area contributed by atoms with Gasteiger partial charge in [-0.15, -0.1) is 11.8 Å². The fourth-order valence-corrected chi connectivity index (χ4v) is 4.04. The lowest BCUT2D eigenvalue weighted by molar-refractivity contribution is 0.0743. The summed E-state index contributed by atoms with van der Waals surface area (Å²) in [7, 11) is 0. The average molecular weight is 395 g/mol. The van der Waals surface area contributed by atoms with Crippen LogP contribution in [0.25, 0.3) is 0 Å². The van der Waals surface area contributed by atoms with Crippen molar-refractivity contribution in [1.29, 1.82) is 0 Å². The van der Waals surface area contributed by atoms with Gasteiger partial charge in [0, 0.05) is 37.3 Å². The lowest BCUT2D eigenvalue weighted by Gasteiger charge is -2.35. The number of hydrogen-bond donors (Lipinski definition) is 0. The van der Waals surface area contributed by atoms with Crippen LogP contribution >= 0.6 is 11.8 Å². The van der Waals surface area contributed by atoms with Crippen LogP contribution in [0.4, 0.5) is 5.82 Å². The van der Waals surface area contributed by atoms with Gasteiger partial charge in [0.25, 0.3) is 5.91 Å². The molecule has 4 rings (SSSR count). The average Bonchev–Trinajstić information content (AvgIpc) is 3.18. The van der Waals surface area contributed by atoms with E-state index in [0.29, 0.717) is 30.6 Å². The first-order chi connectivity index (χ1) is 13.7. The number of anilines is 1. The number of carbonyl (C=O) groups is 1. The molecule has 1 amide bonds. The molecule has 0 atom stereocenters. The number of rotatable bonds is 5. The Morgan fingerprint density at radius 2 is 1.89 bits per heavy atom. The number of aryl methyl sites for hydroxylation is 1. The fraction of sp³-hybridized carbons (Fsp3) is 0.300. The van der Waals surface area contributed by atoms with Crippen LogP contribution < -0.4 is 4.90 Å². The minimum Gasteiger partial charge on any atom is -0.353 e. The quantitative estimate of drug-likeness (QED) is 0.615. The molecule has 1 saturated heterocycles. The van der Waals surface area contributed by atoms with E-state index < -0.39 is 0 Å². The van der Waals surface area contributed by atoms with Crippen molar-refractivity contribution in [2.24, 2.45) is 0 Å². The van der Waals surface area contributed by atoms with Crippen LogP contribution in [0.3, 0.4) is 0 Å². The number of piperazine rings is 1. The molecule has 7 nitrogen and oxygen atoms in total. The summed E-state index contributed by atoms with van der Waals surface area (Å²) in [4.78, 5) is 26.8. The number of thioether (sulfide) groups is 1. The third-order valence-corrected chi connectivity index (χ3v) is 5.64. The summed E-state index contributed by atoms with van der Waals surface area (Å²) >= 11 is 1.54. The van der Waals surface area contributed by atoms with Gasteiger partial charge in [0.05, 0.1) is 11.3 Å². The van der Waals surface area contributed by atoms with Gasteiger partial charge in [-0.25, -0.2) is 4.98 Å². The van der Waals surface area contributed by atoms with Crippen molar-refractivity contribution in [3.05, 3.63) is 65.9 Å². The van der Waals surface area contributed by atoms with Crippen LogP contribution in [0, 0.1) is 6.92 Å². The van der Waals surface area contributed by atoms with E-state index in [1.54, 1.807) is 13.1 Å². The largest absolute Gasteiger partial charge is 0.353 e. The highest BCUT2D eigenvalue weighted by Gasteiger charge is 2.24. The fourth-order valence-electron chi connectivity index (χ4n) is 3.16. The second-order valence-electron chi connectivity index (χ2n) is 6.49. The maximum Gasteiger partial charge on any atom is 0.255 e. The second-order valence-corrected chi connectivity index (χ2v) is 7.50. The molecule has 0 unspecified atom stereocenters. The molecule has 8 heteroatoms. The number of nitrogens with zero attached hydrogens (tertiary/aromatic N) is 5. The highest BCUT2D eigenvalue weighted by Crippen LogP contribution is 2.27. The van der Waals surface area contributed by atoms with E-state index >= 15 is 0 Å². The smallest absolute Gasteiger partial charge is 0.255 e. The molecule has 2 aromatic heterocycles. The van der Waals surface area contributed by atoms with Crippen molar-refractivity contribution in [3.8, 4) is 0 Å². The molecule has 3 heterocycles. The zero-order valence-electron chi connectivity index (χ0n) is 15.6. The highest BCUT2D eigenvalue weighted by atomic mass is 32.2. The van der Waals surface area contributed by atoms with Crippen molar-refractivity contribution >= 4 is 23.5 Å². The predicted octanol–water partition coefficient (Wildman–Crippen LogP) is 3.03. The van der Waals surface area contributed by atoms with Crippen molar-refractivity contribution in [1.82, 2.24) is 20.0 Å². The van der Waals surface area contributed by atoms with Gasteiger partial charge in [-0.2, -0.15) is 4.98 Å². The van der Waals surface area contributed by atoms with E-state index in [1.807, 2.05) is 47.4 Å². The minimum absolute atomic E-state index is 0.0606. The van der Waals surface area contributed by atoms with Crippen LogP contribution in [0.5, 0.6) is 0 Å². The summed E-state index contributed by atoms with van der Waals surface area (Å²) in [5.41, 5.74) is 0.718. The molecule has 0 aliphatic carbocycles. The summed E-state index contributed by atoms with van der Waals surface area (Å²) in [6.07, 6.45) is 1.80. The van der Waals surface area contributed by atoms with E-state index in [9.17, 15) is 4.79 Å². The molecule has 1 aliphatic rings. The summed E-state index contributed by atoms with van der Waals surface area (Å²) in [5, 5.41) is 3.81. The molecule has 1 aliphatic heterocycles. The Morgan fingerprint density at radius 1 is 1.11 bits per heavy atom. The topological polar surface area (TPSA) is 75.4 Å². The monoisotopic (exact) mass is 395 g/mol.